The molecule has 49 heavy (non-hydrogen) atoms. The van der Waals surface area contributed by atoms with E-state index < -0.39 is 0 Å². The largest absolute Gasteiger partial charge is 0.456 e. The van der Waals surface area contributed by atoms with Gasteiger partial charge < -0.3 is 9.32 Å². The third-order valence-electron chi connectivity index (χ3n) is 9.65. The van der Waals surface area contributed by atoms with E-state index in [-0.39, 0.29) is 0 Å². The van der Waals surface area contributed by atoms with Crippen LogP contribution in [0.5, 0.6) is 0 Å². The Labute approximate surface area is 287 Å². The summed E-state index contributed by atoms with van der Waals surface area (Å²) < 4.78 is 8.93. The number of thiophene rings is 1. The van der Waals surface area contributed by atoms with Gasteiger partial charge in [0.25, 0.3) is 0 Å². The van der Waals surface area contributed by atoms with Crippen LogP contribution < -0.4 is 4.90 Å². The Morgan fingerprint density at radius 3 is 1.86 bits per heavy atom. The minimum absolute atomic E-state index is 0.907. The van der Waals surface area contributed by atoms with E-state index in [1.807, 2.05) is 23.5 Å². The molecule has 0 amide bonds. The molecule has 0 saturated carbocycles. The molecule has 0 atom stereocenters. The molecular formula is C46H29NOS. The fourth-order valence-corrected chi connectivity index (χ4v) is 8.48. The quantitative estimate of drug-likeness (QED) is 0.186. The van der Waals surface area contributed by atoms with Crippen molar-refractivity contribution in [3.05, 3.63) is 176 Å². The molecule has 0 aliphatic heterocycles. The Morgan fingerprint density at radius 1 is 0.388 bits per heavy atom. The summed E-state index contributed by atoms with van der Waals surface area (Å²) in [6.07, 6.45) is 0. The first-order chi connectivity index (χ1) is 24.3. The number of fused-ring (bicyclic) bond motifs is 7. The number of furan rings is 1. The predicted molar refractivity (Wildman–Crippen MR) is 210 cm³/mol. The minimum atomic E-state index is 0.907. The third kappa shape index (κ3) is 4.70. The van der Waals surface area contributed by atoms with Gasteiger partial charge in [0.05, 0.1) is 0 Å². The smallest absolute Gasteiger partial charge is 0.136 e. The van der Waals surface area contributed by atoms with Gasteiger partial charge in [-0.3, -0.25) is 0 Å². The number of benzene rings is 8. The van der Waals surface area contributed by atoms with Crippen molar-refractivity contribution in [1.82, 2.24) is 0 Å². The molecule has 0 aliphatic carbocycles. The highest BCUT2D eigenvalue weighted by molar-refractivity contribution is 7.26. The Morgan fingerprint density at radius 2 is 1.04 bits per heavy atom. The lowest BCUT2D eigenvalue weighted by atomic mass is 10.0. The highest BCUT2D eigenvalue weighted by Gasteiger charge is 2.16. The van der Waals surface area contributed by atoms with Crippen LogP contribution in [0.3, 0.4) is 0 Å². The number of anilines is 3. The molecule has 0 N–H and O–H groups in total. The van der Waals surface area contributed by atoms with Gasteiger partial charge in [-0.15, -0.1) is 11.3 Å². The maximum Gasteiger partial charge on any atom is 0.136 e. The number of nitrogens with zero attached hydrogens (tertiary/aromatic N) is 1. The van der Waals surface area contributed by atoms with E-state index in [0.29, 0.717) is 0 Å². The van der Waals surface area contributed by atoms with Crippen LogP contribution >= 0.6 is 11.3 Å². The number of rotatable bonds is 5. The van der Waals surface area contributed by atoms with E-state index in [0.717, 1.165) is 44.4 Å². The average molecular weight is 644 g/mol. The topological polar surface area (TPSA) is 16.4 Å². The van der Waals surface area contributed by atoms with Gasteiger partial charge in [-0.25, -0.2) is 0 Å². The maximum atomic E-state index is 6.28. The summed E-state index contributed by atoms with van der Waals surface area (Å²) in [4.78, 5) is 2.35. The molecule has 230 valence electrons. The third-order valence-corrected chi connectivity index (χ3v) is 10.9. The first-order valence-electron chi connectivity index (χ1n) is 16.6. The summed E-state index contributed by atoms with van der Waals surface area (Å²) >= 11 is 1.87. The molecule has 0 fully saturated rings. The zero-order valence-electron chi connectivity index (χ0n) is 26.5. The maximum absolute atomic E-state index is 6.28. The predicted octanol–water partition coefficient (Wildman–Crippen LogP) is 13.9. The van der Waals surface area contributed by atoms with Crippen molar-refractivity contribution in [2.24, 2.45) is 0 Å². The van der Waals surface area contributed by atoms with Crippen LogP contribution in [-0.2, 0) is 0 Å². The number of hydrogen-bond acceptors (Lipinski definition) is 3. The highest BCUT2D eigenvalue weighted by Crippen LogP contribution is 2.42. The van der Waals surface area contributed by atoms with E-state index in [1.165, 1.54) is 47.8 Å². The lowest BCUT2D eigenvalue weighted by molar-refractivity contribution is 0.669. The molecule has 0 spiro atoms. The van der Waals surface area contributed by atoms with E-state index in [9.17, 15) is 0 Å². The summed E-state index contributed by atoms with van der Waals surface area (Å²) in [5.41, 5.74) is 10.0. The van der Waals surface area contributed by atoms with E-state index >= 15 is 0 Å². The highest BCUT2D eigenvalue weighted by atomic mass is 32.1. The van der Waals surface area contributed by atoms with Crippen LogP contribution in [0, 0.1) is 0 Å². The van der Waals surface area contributed by atoms with E-state index in [4.69, 9.17) is 4.42 Å². The molecule has 2 heterocycles. The number of para-hydroxylation sites is 1. The Hall–Kier alpha value is -6.16. The molecular weight excluding hydrogens is 615 g/mol. The van der Waals surface area contributed by atoms with Crippen molar-refractivity contribution in [3.63, 3.8) is 0 Å². The molecule has 0 radical (unpaired) electrons. The molecule has 0 bridgehead atoms. The fraction of sp³-hybridized carbons (Fsp3) is 0. The van der Waals surface area contributed by atoms with Crippen molar-refractivity contribution in [1.29, 1.82) is 0 Å². The first kappa shape index (κ1) is 27.9. The van der Waals surface area contributed by atoms with Gasteiger partial charge >= 0.3 is 0 Å². The van der Waals surface area contributed by atoms with Crippen LogP contribution in [0.1, 0.15) is 0 Å². The summed E-state index contributed by atoms with van der Waals surface area (Å²) in [5, 5.41) is 7.26. The number of hydrogen-bond donors (Lipinski definition) is 0. The molecule has 10 rings (SSSR count). The van der Waals surface area contributed by atoms with Crippen LogP contribution in [0.25, 0.3) is 75.1 Å². The van der Waals surface area contributed by atoms with E-state index in [1.54, 1.807) is 0 Å². The zero-order valence-corrected chi connectivity index (χ0v) is 27.3. The SMILES string of the molecule is c1ccc(-c2ccc(N(c3ccc(-c4cccc5c4sc4ccccc45)cc3)c3ccc4cc5c(cc4c3)oc3ccccc35)cc2)cc1. The van der Waals surface area contributed by atoms with Gasteiger partial charge in [0, 0.05) is 48.0 Å². The van der Waals surface area contributed by atoms with Gasteiger partial charge in [0.15, 0.2) is 0 Å². The molecule has 0 unspecified atom stereocenters. The Kier molecular flexibility index (Phi) is 6.39. The Balaban J connectivity index is 1.10. The summed E-state index contributed by atoms with van der Waals surface area (Å²) in [7, 11) is 0. The normalized spacial score (nSPS) is 11.7. The van der Waals surface area contributed by atoms with Gasteiger partial charge in [-0.1, -0.05) is 115 Å². The second-order valence-electron chi connectivity index (χ2n) is 12.6. The van der Waals surface area contributed by atoms with Crippen molar-refractivity contribution in [3.8, 4) is 22.3 Å². The van der Waals surface area contributed by atoms with Crippen LogP contribution in [0.2, 0.25) is 0 Å². The van der Waals surface area contributed by atoms with Crippen molar-refractivity contribution in [2.75, 3.05) is 4.90 Å². The van der Waals surface area contributed by atoms with E-state index in [2.05, 4.69) is 169 Å². The van der Waals surface area contributed by atoms with Gasteiger partial charge in [-0.05, 0) is 93.7 Å². The zero-order chi connectivity index (χ0) is 32.3. The van der Waals surface area contributed by atoms with Crippen LogP contribution in [0.4, 0.5) is 17.1 Å². The lowest BCUT2D eigenvalue weighted by Crippen LogP contribution is -2.09. The van der Waals surface area contributed by atoms with Crippen molar-refractivity contribution < 1.29 is 4.42 Å². The lowest BCUT2D eigenvalue weighted by Gasteiger charge is -2.26. The summed E-state index contributed by atoms with van der Waals surface area (Å²) in [6.45, 7) is 0. The van der Waals surface area contributed by atoms with Crippen molar-refractivity contribution >= 4 is 81.3 Å². The van der Waals surface area contributed by atoms with Gasteiger partial charge in [0.1, 0.15) is 11.2 Å². The second-order valence-corrected chi connectivity index (χ2v) is 13.6. The van der Waals surface area contributed by atoms with Crippen molar-refractivity contribution in [2.45, 2.75) is 0 Å². The first-order valence-corrected chi connectivity index (χ1v) is 17.4. The molecule has 2 aromatic heterocycles. The van der Waals surface area contributed by atoms with Gasteiger partial charge in [-0.2, -0.15) is 0 Å². The fourth-order valence-electron chi connectivity index (χ4n) is 7.24. The standard InChI is InChI=1S/C46H29NOS/c1-2-9-30(10-3-1)31-17-22-35(23-18-31)47(37-26-21-33-28-42-39-11-4-6-15-43(39)48-44(42)29-34(33)27-37)36-24-19-32(20-25-36)38-13-8-14-41-40-12-5-7-16-45(40)49-46(38)41/h1-29H. The molecule has 2 nitrogen and oxygen atoms in total. The average Bonchev–Trinajstić information content (AvgIpc) is 3.73. The summed E-state index contributed by atoms with van der Waals surface area (Å²) in [6, 6.07) is 63.2. The summed E-state index contributed by atoms with van der Waals surface area (Å²) in [5.74, 6) is 0. The Bertz CT molecular complexity index is 2810. The molecule has 8 aromatic carbocycles. The second kappa shape index (κ2) is 11.2. The van der Waals surface area contributed by atoms with Gasteiger partial charge in [0.2, 0.25) is 0 Å². The van der Waals surface area contributed by atoms with Crippen LogP contribution in [0.15, 0.2) is 180 Å². The minimum Gasteiger partial charge on any atom is -0.456 e. The molecule has 0 aliphatic rings. The van der Waals surface area contributed by atoms with Crippen LogP contribution in [-0.4, -0.2) is 0 Å². The monoisotopic (exact) mass is 643 g/mol. The molecule has 0 saturated heterocycles. The molecule has 10 aromatic rings. The molecule has 3 heteroatoms.